The van der Waals surface area contributed by atoms with E-state index < -0.39 is 44.1 Å². The molecule has 0 aromatic heterocycles. The molecule has 0 fully saturated rings. The van der Waals surface area contributed by atoms with E-state index in [9.17, 15) is 68.2 Å². The summed E-state index contributed by atoms with van der Waals surface area (Å²) < 4.78 is 37.2. The van der Waals surface area contributed by atoms with E-state index in [1.807, 2.05) is 97.1 Å². The summed E-state index contributed by atoms with van der Waals surface area (Å²) >= 11 is 0. The minimum absolute atomic E-state index is 0.0119. The molecular formula is C99H105B2N7O21. The van der Waals surface area contributed by atoms with Crippen molar-refractivity contribution in [1.82, 2.24) is 15.8 Å². The first-order chi connectivity index (χ1) is 62.0. The van der Waals surface area contributed by atoms with Crippen molar-refractivity contribution in [2.75, 3.05) is 26.9 Å². The summed E-state index contributed by atoms with van der Waals surface area (Å²) in [4.78, 5) is 121. The number of rotatable bonds is 23. The summed E-state index contributed by atoms with van der Waals surface area (Å²) in [6.45, 7) is 4.90. The lowest BCUT2D eigenvalue weighted by Crippen LogP contribution is -2.46. The molecular weight excluding hydrogens is 1640 g/mol. The number of methoxy groups -OCH3 is 1. The largest absolute Gasteiger partial charge is 0.508 e. The van der Waals surface area contributed by atoms with Gasteiger partial charge in [-0.1, -0.05) is 103 Å². The molecule has 16 rings (SSSR count). The Bertz CT molecular complexity index is 5670. The zero-order valence-corrected chi connectivity index (χ0v) is 72.2. The number of nitrogens with two attached hydrogens (primary N) is 3. The van der Waals surface area contributed by atoms with E-state index in [1.54, 1.807) is 143 Å². The van der Waals surface area contributed by atoms with Gasteiger partial charge in [0.2, 0.25) is 0 Å². The molecule has 0 saturated heterocycles. The number of aryl methyl sites for hydroxylation is 6. The van der Waals surface area contributed by atoms with Gasteiger partial charge in [-0.2, -0.15) is 0 Å². The number of phenolic OH excluding ortho intramolecular Hbond substituents is 2. The fourth-order valence-corrected chi connectivity index (χ4v) is 15.2. The van der Waals surface area contributed by atoms with Crippen molar-refractivity contribution in [1.29, 1.82) is 5.41 Å². The molecule has 14 N–H and O–H groups in total. The SMILES string of the molecule is CB(O)NC1CCc2cc(O)ccc2C1=O.CB(O)NC1CCc2cc(OCC(=O)OCc3ccccc3)ccc2C1=O.CC(=N)c1ccc(C(=O)NC2CCc3cc(OCC(=O)OCc4ccccc4)ccc3C2=O)cc1.COc1ccc2c(c1)CCC(N)C2=O.NC1CCc2cc(O)ccc2C1=O.NC1CCc2cc(OCC(=O)OCc3ccccc3)ccc2C1=O. The third-order valence-electron chi connectivity index (χ3n) is 22.1. The van der Waals surface area contributed by atoms with Crippen LogP contribution in [0.3, 0.4) is 0 Å². The molecule has 0 radical (unpaired) electrons. The Morgan fingerprint density at radius 3 is 0.977 bits per heavy atom. The lowest BCUT2D eigenvalue weighted by Gasteiger charge is -2.25. The number of nitrogens with one attached hydrogen (secondary N) is 4. The summed E-state index contributed by atoms with van der Waals surface area (Å²) in [5.41, 5.74) is 30.7. The maximum atomic E-state index is 13.0. The molecule has 1 amide bonds. The number of carbonyl (C=O) groups is 10. The number of hydrogen-bond donors (Lipinski definition) is 11. The molecule has 129 heavy (non-hydrogen) atoms. The monoisotopic (exact) mass is 1750 g/mol. The summed E-state index contributed by atoms with van der Waals surface area (Å²) in [5, 5.41) is 53.3. The number of aromatic hydroxyl groups is 2. The van der Waals surface area contributed by atoms with Crippen LogP contribution in [0.25, 0.3) is 0 Å². The number of fused-ring (bicyclic) bond motifs is 6. The number of Topliss-reactive ketones (excluding diaryl/α,β-unsaturated/α-hetero) is 6. The second-order valence-electron chi connectivity index (χ2n) is 31.7. The number of hydrogen-bond acceptors (Lipinski definition) is 27. The Hall–Kier alpha value is -13.6. The van der Waals surface area contributed by atoms with E-state index in [0.29, 0.717) is 101 Å². The Morgan fingerprint density at radius 1 is 0.372 bits per heavy atom. The number of benzene rings is 10. The first kappa shape index (κ1) is 96.1. The van der Waals surface area contributed by atoms with Gasteiger partial charge in [-0.25, -0.2) is 14.4 Å². The third kappa shape index (κ3) is 27.7. The normalized spacial score (nSPS) is 17.1. The van der Waals surface area contributed by atoms with E-state index >= 15 is 0 Å². The molecule has 6 atom stereocenters. The molecule has 0 bridgehead atoms. The second kappa shape index (κ2) is 46.8. The fraction of sp³-hybridized carbons (Fsp3) is 0.283. The van der Waals surface area contributed by atoms with Crippen LogP contribution in [0.1, 0.15) is 174 Å². The van der Waals surface area contributed by atoms with Gasteiger partial charge in [0.1, 0.15) is 54.3 Å². The minimum atomic E-state index is -0.731. The standard InChI is InChI=1S/C28H26N2O5.C20H22BNO5.C19H19NO4.C11H14BNO3.C11H13NO2.C10H11NO2/c1-18(29)20-7-9-21(10-8-20)28(33)30-25-14-11-22-15-23(12-13-24(22)27(25)32)34-17-26(31)35-16-19-5-3-2-4-6-19;1-21(25)22-18-10-7-15-11-16(8-9-17(15)20(18)24)26-13-19(23)27-12-14-5-3-2-4-6-14;20-17-9-6-14-10-15(7-8-16(14)19(17)22)23-12-18(21)24-11-13-4-2-1-3-5-13;1-12(16)13-10-5-2-7-6-8(14)3-4-9(7)11(10)15;1-14-8-3-4-9-7(6-8)2-5-10(12)11(9)13;11-9-4-1-6-5-7(12)2-3-8(6)10(9)13/h2-10,12-13,15,25,29H,11,14,16-17H2,1H3,(H,30,33);2-6,8-9,11,18,22,25H,7,10,12-13H2,1H3;1-5,7-8,10,17H,6,9,11-12,20H2;3-4,6,10,13-14,16H,2,5H2,1H3;3-4,6,10H,2,5,12H2,1H3;2-3,5,9,12H,1,4,11H2. The highest BCUT2D eigenvalue weighted by atomic mass is 16.6. The zero-order valence-electron chi connectivity index (χ0n) is 72.2. The highest BCUT2D eigenvalue weighted by molar-refractivity contribution is 6.46. The lowest BCUT2D eigenvalue weighted by molar-refractivity contribution is -0.148. The van der Waals surface area contributed by atoms with Gasteiger partial charge in [0.15, 0.2) is 54.5 Å². The zero-order chi connectivity index (χ0) is 92.2. The lowest BCUT2D eigenvalue weighted by atomic mass is 9.81. The second-order valence-corrected chi connectivity index (χ2v) is 31.7. The van der Waals surface area contributed by atoms with Crippen molar-refractivity contribution >= 4 is 78.3 Å². The number of ether oxygens (including phenoxy) is 7. The van der Waals surface area contributed by atoms with Gasteiger partial charge in [-0.05, 0) is 275 Å². The van der Waals surface area contributed by atoms with Crippen LogP contribution in [0.2, 0.25) is 13.6 Å². The first-order valence-corrected chi connectivity index (χ1v) is 42.6. The van der Waals surface area contributed by atoms with Crippen molar-refractivity contribution in [2.45, 2.75) is 154 Å². The molecule has 6 unspecified atom stereocenters. The van der Waals surface area contributed by atoms with Gasteiger partial charge in [0, 0.05) is 44.7 Å². The number of amides is 1. The first-order valence-electron chi connectivity index (χ1n) is 42.6. The average molecular weight is 1750 g/mol. The third-order valence-corrected chi connectivity index (χ3v) is 22.1. The average Bonchev–Trinajstić information content (AvgIpc) is 0.823. The maximum absolute atomic E-state index is 13.0. The van der Waals surface area contributed by atoms with Crippen molar-refractivity contribution in [2.24, 2.45) is 17.2 Å². The molecule has 6 aliphatic carbocycles. The molecule has 0 spiro atoms. The summed E-state index contributed by atoms with van der Waals surface area (Å²) in [5.74, 6) is 0.870. The number of carbonyl (C=O) groups excluding carboxylic acids is 10. The van der Waals surface area contributed by atoms with Crippen LogP contribution in [0.5, 0.6) is 34.5 Å². The van der Waals surface area contributed by atoms with Crippen LogP contribution >= 0.6 is 0 Å². The molecule has 0 saturated carbocycles. The van der Waals surface area contributed by atoms with E-state index in [1.165, 1.54) is 12.1 Å². The van der Waals surface area contributed by atoms with Gasteiger partial charge < -0.3 is 91.8 Å². The Morgan fingerprint density at radius 2 is 0.651 bits per heavy atom. The Balaban J connectivity index is 0.000000155. The van der Waals surface area contributed by atoms with Crippen LogP contribution in [-0.4, -0.2) is 162 Å². The van der Waals surface area contributed by atoms with Crippen LogP contribution in [0.15, 0.2) is 224 Å². The molecule has 10 aromatic rings. The van der Waals surface area contributed by atoms with Gasteiger partial charge in [0.25, 0.3) is 5.91 Å². The molecule has 0 heterocycles. The number of phenols is 2. The molecule has 6 aliphatic rings. The Labute approximate surface area is 748 Å². The maximum Gasteiger partial charge on any atom is 0.374 e. The van der Waals surface area contributed by atoms with Crippen molar-refractivity contribution in [3.05, 3.63) is 319 Å². The van der Waals surface area contributed by atoms with Gasteiger partial charge in [-0.15, -0.1) is 0 Å². The van der Waals surface area contributed by atoms with Crippen LogP contribution in [0.4, 0.5) is 0 Å². The predicted octanol–water partition coefficient (Wildman–Crippen LogP) is 11.0. The Kier molecular flexibility index (Phi) is 34.8. The van der Waals surface area contributed by atoms with Crippen molar-refractivity contribution < 1.29 is 101 Å². The fourth-order valence-electron chi connectivity index (χ4n) is 15.2. The van der Waals surface area contributed by atoms with Crippen LogP contribution < -0.4 is 51.9 Å². The molecule has 30 heteroatoms. The number of ketones is 6. The van der Waals surface area contributed by atoms with E-state index in [-0.39, 0.29) is 116 Å². The van der Waals surface area contributed by atoms with Gasteiger partial charge >= 0.3 is 32.0 Å². The molecule has 0 aliphatic heterocycles. The quantitative estimate of drug-likeness (QED) is 0.0123. The van der Waals surface area contributed by atoms with Gasteiger partial charge in [-0.3, -0.25) is 33.6 Å². The number of esters is 3. The van der Waals surface area contributed by atoms with E-state index in [4.69, 9.17) is 55.8 Å². The summed E-state index contributed by atoms with van der Waals surface area (Å²) in [6, 6.07) is 63.1. The van der Waals surface area contributed by atoms with Crippen LogP contribution in [0, 0.1) is 5.41 Å². The van der Waals surface area contributed by atoms with Crippen molar-refractivity contribution in [3.8, 4) is 34.5 Å². The highest BCUT2D eigenvalue weighted by Gasteiger charge is 2.34. The summed E-state index contributed by atoms with van der Waals surface area (Å²) in [7, 11) is 0.204. The topological polar surface area (TPSA) is 454 Å². The smallest absolute Gasteiger partial charge is 0.374 e. The molecule has 10 aromatic carbocycles. The summed E-state index contributed by atoms with van der Waals surface area (Å²) in [6.07, 6.45) is 8.17. The molecule has 668 valence electrons. The van der Waals surface area contributed by atoms with E-state index in [2.05, 4.69) is 15.8 Å². The van der Waals surface area contributed by atoms with Crippen molar-refractivity contribution in [3.63, 3.8) is 0 Å². The van der Waals surface area contributed by atoms with E-state index in [0.717, 1.165) is 99.1 Å². The molecule has 28 nitrogen and oxygen atoms in total. The van der Waals surface area contributed by atoms with Crippen LogP contribution in [-0.2, 0) is 86.9 Å². The van der Waals surface area contributed by atoms with Gasteiger partial charge in [0.05, 0.1) is 43.4 Å². The highest BCUT2D eigenvalue weighted by Crippen LogP contribution is 2.32. The predicted molar refractivity (Wildman–Crippen MR) is 485 cm³/mol. The minimum Gasteiger partial charge on any atom is -0.508 e.